The molecule has 0 saturated heterocycles. The van der Waals surface area contributed by atoms with Gasteiger partial charge < -0.3 is 4.90 Å². The van der Waals surface area contributed by atoms with Gasteiger partial charge in [0.05, 0.1) is 0 Å². The van der Waals surface area contributed by atoms with Gasteiger partial charge in [0, 0.05) is 19.2 Å². The fourth-order valence-corrected chi connectivity index (χ4v) is 3.04. The topological polar surface area (TPSA) is 20.3 Å². The van der Waals surface area contributed by atoms with Gasteiger partial charge in [0.15, 0.2) is 0 Å². The lowest BCUT2D eigenvalue weighted by molar-refractivity contribution is -0.126. The number of carbonyl (C=O) groups excluding carboxylic acids is 1. The van der Waals surface area contributed by atoms with Gasteiger partial charge in [0.25, 0.3) is 0 Å². The van der Waals surface area contributed by atoms with Crippen molar-refractivity contribution in [3.63, 3.8) is 0 Å². The summed E-state index contributed by atoms with van der Waals surface area (Å²) in [6.07, 6.45) is 6.13. The highest BCUT2D eigenvalue weighted by Gasteiger charge is 2.13. The van der Waals surface area contributed by atoms with Crippen LogP contribution in [-0.2, 0) is 4.79 Å². The summed E-state index contributed by atoms with van der Waals surface area (Å²) < 4.78 is 0. The van der Waals surface area contributed by atoms with E-state index in [2.05, 4.69) is 76.2 Å². The molecule has 27 heavy (non-hydrogen) atoms. The van der Waals surface area contributed by atoms with Gasteiger partial charge in [0.2, 0.25) is 5.91 Å². The van der Waals surface area contributed by atoms with E-state index < -0.39 is 0 Å². The van der Waals surface area contributed by atoms with Crippen LogP contribution in [0, 0.1) is 13.8 Å². The van der Waals surface area contributed by atoms with Gasteiger partial charge in [-0.1, -0.05) is 86.3 Å². The molecule has 0 aliphatic rings. The van der Waals surface area contributed by atoms with Crippen LogP contribution >= 0.6 is 0 Å². The number of hydrogen-bond acceptors (Lipinski definition) is 1. The van der Waals surface area contributed by atoms with Crippen molar-refractivity contribution in [1.29, 1.82) is 0 Å². The minimum Gasteiger partial charge on any atom is -0.339 e. The van der Waals surface area contributed by atoms with Crippen molar-refractivity contribution in [3.8, 4) is 0 Å². The van der Waals surface area contributed by atoms with Crippen LogP contribution in [0.4, 0.5) is 0 Å². The molecule has 0 radical (unpaired) electrons. The molecule has 2 rings (SSSR count). The molecule has 2 nitrogen and oxygen atoms in total. The maximum Gasteiger partial charge on any atom is 0.247 e. The first-order chi connectivity index (χ1) is 13.0. The first-order valence-electron chi connectivity index (χ1n) is 10.2. The van der Waals surface area contributed by atoms with Crippen molar-refractivity contribution in [2.45, 2.75) is 53.4 Å². The second kappa shape index (κ2) is 10.7. The molecule has 0 aromatic heterocycles. The average Bonchev–Trinajstić information content (AvgIpc) is 2.68. The zero-order valence-electron chi connectivity index (χ0n) is 17.3. The predicted octanol–water partition coefficient (Wildman–Crippen LogP) is 6.16. The molecule has 0 aliphatic heterocycles. The molecular weight excluding hydrogens is 330 g/mol. The van der Waals surface area contributed by atoms with Gasteiger partial charge in [-0.05, 0) is 43.4 Å². The van der Waals surface area contributed by atoms with E-state index >= 15 is 0 Å². The Kier molecular flexibility index (Phi) is 8.32. The Morgan fingerprint density at radius 3 is 1.56 bits per heavy atom. The molecule has 2 aromatic carbocycles. The largest absolute Gasteiger partial charge is 0.339 e. The zero-order chi connectivity index (χ0) is 19.6. The fourth-order valence-electron chi connectivity index (χ4n) is 3.04. The quantitative estimate of drug-likeness (QED) is 0.488. The number of aryl methyl sites for hydroxylation is 2. The van der Waals surface area contributed by atoms with Crippen molar-refractivity contribution >= 4 is 11.5 Å². The number of nitrogens with zero attached hydrogens (tertiary/aromatic N) is 1. The van der Waals surface area contributed by atoms with E-state index in [1.165, 1.54) is 11.1 Å². The van der Waals surface area contributed by atoms with Crippen molar-refractivity contribution in [2.24, 2.45) is 0 Å². The Morgan fingerprint density at radius 2 is 1.19 bits per heavy atom. The van der Waals surface area contributed by atoms with Gasteiger partial charge >= 0.3 is 0 Å². The van der Waals surface area contributed by atoms with Crippen LogP contribution in [0.25, 0.3) is 5.57 Å². The summed E-state index contributed by atoms with van der Waals surface area (Å²) >= 11 is 0. The Morgan fingerprint density at radius 1 is 0.778 bits per heavy atom. The minimum atomic E-state index is 0.119. The van der Waals surface area contributed by atoms with Crippen LogP contribution in [0.2, 0.25) is 0 Å². The first kappa shape index (κ1) is 21.0. The monoisotopic (exact) mass is 363 g/mol. The number of hydrogen-bond donors (Lipinski definition) is 0. The highest BCUT2D eigenvalue weighted by atomic mass is 16.2. The van der Waals surface area contributed by atoms with Crippen LogP contribution in [-0.4, -0.2) is 23.9 Å². The van der Waals surface area contributed by atoms with Crippen LogP contribution in [0.5, 0.6) is 0 Å². The summed E-state index contributed by atoms with van der Waals surface area (Å²) in [5.74, 6) is 0.119. The Balaban J connectivity index is 2.39. The lowest BCUT2D eigenvalue weighted by Gasteiger charge is -2.22. The Hall–Kier alpha value is -2.35. The maximum absolute atomic E-state index is 13.1. The van der Waals surface area contributed by atoms with E-state index in [-0.39, 0.29) is 5.91 Å². The molecule has 144 valence electrons. The van der Waals surface area contributed by atoms with Crippen LogP contribution in [0.15, 0.2) is 54.6 Å². The number of amides is 1. The summed E-state index contributed by atoms with van der Waals surface area (Å²) in [7, 11) is 0. The molecule has 2 heteroatoms. The number of unbranched alkanes of at least 4 members (excludes halogenated alkanes) is 2. The standard InChI is InChI=1S/C25H33NO/c1-5-7-17-26(18-8-6-2)25(27)19-24(22-13-9-20(3)10-14-22)23-15-11-21(4)12-16-23/h9-16,19H,5-8,17-18H2,1-4H3. The van der Waals surface area contributed by atoms with E-state index in [1.807, 2.05) is 11.0 Å². The van der Waals surface area contributed by atoms with Crippen LogP contribution in [0.3, 0.4) is 0 Å². The molecule has 0 atom stereocenters. The summed E-state index contributed by atoms with van der Waals surface area (Å²) in [5.41, 5.74) is 5.62. The lowest BCUT2D eigenvalue weighted by Crippen LogP contribution is -2.31. The maximum atomic E-state index is 13.1. The second-order valence-corrected chi connectivity index (χ2v) is 7.32. The molecule has 0 spiro atoms. The second-order valence-electron chi connectivity index (χ2n) is 7.32. The fraction of sp³-hybridized carbons (Fsp3) is 0.400. The molecule has 0 unspecified atom stereocenters. The van der Waals surface area contributed by atoms with Gasteiger partial charge in [-0.2, -0.15) is 0 Å². The third-order valence-corrected chi connectivity index (χ3v) is 4.87. The molecule has 0 saturated carbocycles. The number of carbonyl (C=O) groups is 1. The normalized spacial score (nSPS) is 10.5. The van der Waals surface area contributed by atoms with E-state index in [0.717, 1.165) is 55.5 Å². The SMILES string of the molecule is CCCCN(CCCC)C(=O)C=C(c1ccc(C)cc1)c1ccc(C)cc1. The highest BCUT2D eigenvalue weighted by molar-refractivity contribution is 5.99. The molecule has 0 bridgehead atoms. The Labute approximate surface area is 164 Å². The molecule has 0 N–H and O–H groups in total. The van der Waals surface area contributed by atoms with E-state index in [9.17, 15) is 4.79 Å². The van der Waals surface area contributed by atoms with E-state index in [1.54, 1.807) is 0 Å². The molecule has 0 aliphatic carbocycles. The molecule has 0 heterocycles. The van der Waals surface area contributed by atoms with Crippen molar-refractivity contribution in [3.05, 3.63) is 76.9 Å². The number of rotatable bonds is 9. The molecule has 0 fully saturated rings. The lowest BCUT2D eigenvalue weighted by atomic mass is 9.96. The summed E-state index contributed by atoms with van der Waals surface area (Å²) in [6, 6.07) is 16.9. The molecular formula is C25H33NO. The van der Waals surface area contributed by atoms with E-state index in [0.29, 0.717) is 0 Å². The summed E-state index contributed by atoms with van der Waals surface area (Å²) in [4.78, 5) is 15.1. The smallest absolute Gasteiger partial charge is 0.247 e. The van der Waals surface area contributed by atoms with Crippen molar-refractivity contribution in [1.82, 2.24) is 4.90 Å². The third-order valence-electron chi connectivity index (χ3n) is 4.87. The first-order valence-corrected chi connectivity index (χ1v) is 10.2. The predicted molar refractivity (Wildman–Crippen MR) is 116 cm³/mol. The van der Waals surface area contributed by atoms with Gasteiger partial charge in [0.1, 0.15) is 0 Å². The zero-order valence-corrected chi connectivity index (χ0v) is 17.3. The van der Waals surface area contributed by atoms with Crippen molar-refractivity contribution < 1.29 is 4.79 Å². The average molecular weight is 364 g/mol. The van der Waals surface area contributed by atoms with Crippen LogP contribution in [0.1, 0.15) is 61.8 Å². The van der Waals surface area contributed by atoms with Gasteiger partial charge in [-0.25, -0.2) is 0 Å². The highest BCUT2D eigenvalue weighted by Crippen LogP contribution is 2.25. The Bertz CT molecular complexity index is 685. The third kappa shape index (κ3) is 6.39. The number of benzene rings is 2. The molecule has 1 amide bonds. The van der Waals surface area contributed by atoms with Crippen molar-refractivity contribution in [2.75, 3.05) is 13.1 Å². The molecule has 2 aromatic rings. The van der Waals surface area contributed by atoms with Gasteiger partial charge in [-0.15, -0.1) is 0 Å². The van der Waals surface area contributed by atoms with Gasteiger partial charge in [-0.3, -0.25) is 4.79 Å². The minimum absolute atomic E-state index is 0.119. The van der Waals surface area contributed by atoms with E-state index in [4.69, 9.17) is 0 Å². The summed E-state index contributed by atoms with van der Waals surface area (Å²) in [5, 5.41) is 0. The summed E-state index contributed by atoms with van der Waals surface area (Å²) in [6.45, 7) is 10.2. The van der Waals surface area contributed by atoms with Crippen LogP contribution < -0.4 is 0 Å².